The van der Waals surface area contributed by atoms with Crippen LogP contribution in [0.15, 0.2) is 22.6 Å². The van der Waals surface area contributed by atoms with Crippen LogP contribution in [0.4, 0.5) is 0 Å². The predicted molar refractivity (Wildman–Crippen MR) is 84.5 cm³/mol. The summed E-state index contributed by atoms with van der Waals surface area (Å²) in [7, 11) is 0. The third-order valence-corrected chi connectivity index (χ3v) is 5.12. The van der Waals surface area contributed by atoms with Crippen LogP contribution in [-0.2, 0) is 13.0 Å². The third-order valence-electron chi connectivity index (χ3n) is 3.89. The van der Waals surface area contributed by atoms with E-state index in [1.165, 1.54) is 10.4 Å². The molecule has 20 heavy (non-hydrogen) atoms. The second kappa shape index (κ2) is 5.21. The first-order valence-corrected chi connectivity index (χ1v) is 8.19. The lowest BCUT2D eigenvalue weighted by molar-refractivity contribution is 0.234. The standard InChI is InChI=1S/C16H20ClNOS/c1-10-6-12-13(7-16(2,3)8-14(12)19-10)18-9-11-4-5-15(17)20-11/h4-6,13,18H,7-9H2,1-3H3. The molecule has 0 amide bonds. The number of nitrogens with one attached hydrogen (secondary N) is 1. The van der Waals surface area contributed by atoms with Crippen LogP contribution in [0.5, 0.6) is 0 Å². The Morgan fingerprint density at radius 2 is 2.25 bits per heavy atom. The van der Waals surface area contributed by atoms with Crippen LogP contribution in [-0.4, -0.2) is 0 Å². The zero-order valence-corrected chi connectivity index (χ0v) is 13.7. The van der Waals surface area contributed by atoms with Gasteiger partial charge in [-0.1, -0.05) is 25.4 Å². The van der Waals surface area contributed by atoms with Gasteiger partial charge in [0.25, 0.3) is 0 Å². The molecule has 0 fully saturated rings. The largest absolute Gasteiger partial charge is 0.466 e. The molecule has 0 radical (unpaired) electrons. The Balaban J connectivity index is 1.78. The Morgan fingerprint density at radius 1 is 1.45 bits per heavy atom. The fraction of sp³-hybridized carbons (Fsp3) is 0.500. The SMILES string of the molecule is Cc1cc2c(o1)CC(C)(C)CC2NCc1ccc(Cl)s1. The third kappa shape index (κ3) is 2.95. The van der Waals surface area contributed by atoms with Crippen molar-refractivity contribution < 1.29 is 4.42 Å². The summed E-state index contributed by atoms with van der Waals surface area (Å²) in [6, 6.07) is 6.60. The number of fused-ring (bicyclic) bond motifs is 1. The van der Waals surface area contributed by atoms with E-state index >= 15 is 0 Å². The van der Waals surface area contributed by atoms with Crippen LogP contribution in [0.25, 0.3) is 0 Å². The minimum absolute atomic E-state index is 0.280. The van der Waals surface area contributed by atoms with Gasteiger partial charge in [0, 0.05) is 29.4 Å². The first-order chi connectivity index (χ1) is 9.43. The topological polar surface area (TPSA) is 25.2 Å². The highest BCUT2D eigenvalue weighted by molar-refractivity contribution is 7.16. The summed E-state index contributed by atoms with van der Waals surface area (Å²) >= 11 is 7.63. The highest BCUT2D eigenvalue weighted by Gasteiger charge is 2.34. The highest BCUT2D eigenvalue weighted by atomic mass is 35.5. The number of hydrogen-bond donors (Lipinski definition) is 1. The molecule has 0 spiro atoms. The number of aryl methyl sites for hydroxylation is 1. The van der Waals surface area contributed by atoms with Crippen molar-refractivity contribution in [2.24, 2.45) is 5.41 Å². The zero-order chi connectivity index (χ0) is 14.3. The van der Waals surface area contributed by atoms with E-state index < -0.39 is 0 Å². The quantitative estimate of drug-likeness (QED) is 0.852. The van der Waals surface area contributed by atoms with E-state index in [-0.39, 0.29) is 5.41 Å². The second-order valence-electron chi connectivity index (χ2n) is 6.42. The van der Waals surface area contributed by atoms with Gasteiger partial charge in [-0.3, -0.25) is 0 Å². The number of thiophene rings is 1. The van der Waals surface area contributed by atoms with Gasteiger partial charge in [-0.15, -0.1) is 11.3 Å². The zero-order valence-electron chi connectivity index (χ0n) is 12.1. The number of hydrogen-bond acceptors (Lipinski definition) is 3. The van der Waals surface area contributed by atoms with Gasteiger partial charge >= 0.3 is 0 Å². The normalized spacial score (nSPS) is 20.9. The lowest BCUT2D eigenvalue weighted by atomic mass is 9.75. The molecule has 108 valence electrons. The van der Waals surface area contributed by atoms with Crippen molar-refractivity contribution in [3.63, 3.8) is 0 Å². The second-order valence-corrected chi connectivity index (χ2v) is 8.22. The van der Waals surface area contributed by atoms with Crippen LogP contribution in [0.3, 0.4) is 0 Å². The van der Waals surface area contributed by atoms with Crippen molar-refractivity contribution in [3.8, 4) is 0 Å². The molecule has 1 unspecified atom stereocenters. The summed E-state index contributed by atoms with van der Waals surface area (Å²) < 4.78 is 6.72. The minimum atomic E-state index is 0.280. The van der Waals surface area contributed by atoms with Gasteiger partial charge < -0.3 is 9.73 Å². The van der Waals surface area contributed by atoms with Gasteiger partial charge in [-0.05, 0) is 37.0 Å². The summed E-state index contributed by atoms with van der Waals surface area (Å²) in [6.07, 6.45) is 2.16. The first-order valence-electron chi connectivity index (χ1n) is 7.00. The van der Waals surface area contributed by atoms with Gasteiger partial charge in [0.1, 0.15) is 11.5 Å². The molecule has 1 atom stereocenters. The summed E-state index contributed by atoms with van der Waals surface area (Å²) in [5.74, 6) is 2.17. The molecule has 0 saturated carbocycles. The summed E-state index contributed by atoms with van der Waals surface area (Å²) in [4.78, 5) is 1.28. The summed E-state index contributed by atoms with van der Waals surface area (Å²) in [6.45, 7) is 7.51. The Morgan fingerprint density at radius 3 is 2.95 bits per heavy atom. The van der Waals surface area contributed by atoms with E-state index in [4.69, 9.17) is 16.0 Å². The van der Waals surface area contributed by atoms with Crippen molar-refractivity contribution in [2.45, 2.75) is 46.2 Å². The molecule has 0 aromatic carbocycles. The van der Waals surface area contributed by atoms with Crippen molar-refractivity contribution in [1.29, 1.82) is 0 Å². The molecule has 2 aromatic rings. The summed E-state index contributed by atoms with van der Waals surface area (Å²) in [5, 5.41) is 3.67. The van der Waals surface area contributed by atoms with Crippen LogP contribution in [0.2, 0.25) is 4.34 Å². The monoisotopic (exact) mass is 309 g/mol. The maximum Gasteiger partial charge on any atom is 0.109 e. The lowest BCUT2D eigenvalue weighted by Crippen LogP contribution is -2.32. The predicted octanol–water partition coefficient (Wildman–Crippen LogP) is 5.11. The number of rotatable bonds is 3. The smallest absolute Gasteiger partial charge is 0.109 e. The molecule has 1 N–H and O–H groups in total. The van der Waals surface area contributed by atoms with Gasteiger partial charge in [0.05, 0.1) is 4.34 Å². The fourth-order valence-electron chi connectivity index (χ4n) is 3.04. The molecule has 1 aliphatic carbocycles. The average molecular weight is 310 g/mol. The molecule has 1 aliphatic rings. The summed E-state index contributed by atoms with van der Waals surface area (Å²) in [5.41, 5.74) is 1.62. The molecule has 0 saturated heterocycles. The highest BCUT2D eigenvalue weighted by Crippen LogP contribution is 2.42. The molecule has 2 aromatic heterocycles. The van der Waals surface area contributed by atoms with Crippen LogP contribution in [0.1, 0.15) is 48.3 Å². The van der Waals surface area contributed by atoms with Crippen LogP contribution >= 0.6 is 22.9 Å². The lowest BCUT2D eigenvalue weighted by Gasteiger charge is -2.34. The van der Waals surface area contributed by atoms with E-state index in [1.54, 1.807) is 11.3 Å². The molecular weight excluding hydrogens is 290 g/mol. The first kappa shape index (κ1) is 14.2. The number of halogens is 1. The van der Waals surface area contributed by atoms with Gasteiger partial charge in [0.2, 0.25) is 0 Å². The molecule has 4 heteroatoms. The van der Waals surface area contributed by atoms with Gasteiger partial charge in [0.15, 0.2) is 0 Å². The van der Waals surface area contributed by atoms with E-state index in [2.05, 4.69) is 31.3 Å². The molecule has 3 rings (SSSR count). The van der Waals surface area contributed by atoms with Crippen molar-refractivity contribution in [1.82, 2.24) is 5.32 Å². The Hall–Kier alpha value is -0.770. The van der Waals surface area contributed by atoms with Crippen molar-refractivity contribution >= 4 is 22.9 Å². The van der Waals surface area contributed by atoms with E-state index in [0.717, 1.165) is 35.2 Å². The Labute approximate surface area is 129 Å². The molecule has 0 aliphatic heterocycles. The van der Waals surface area contributed by atoms with Crippen LogP contribution in [0, 0.1) is 12.3 Å². The van der Waals surface area contributed by atoms with E-state index in [1.807, 2.05) is 13.0 Å². The van der Waals surface area contributed by atoms with Crippen molar-refractivity contribution in [2.75, 3.05) is 0 Å². The van der Waals surface area contributed by atoms with Crippen molar-refractivity contribution in [3.05, 3.63) is 44.5 Å². The van der Waals surface area contributed by atoms with Gasteiger partial charge in [-0.25, -0.2) is 0 Å². The average Bonchev–Trinajstić information content (AvgIpc) is 2.90. The fourth-order valence-corrected chi connectivity index (χ4v) is 4.08. The molecule has 2 heterocycles. The molecular formula is C16H20ClNOS. The maximum absolute atomic E-state index is 5.99. The van der Waals surface area contributed by atoms with Gasteiger partial charge in [-0.2, -0.15) is 0 Å². The van der Waals surface area contributed by atoms with Crippen LogP contribution < -0.4 is 5.32 Å². The Bertz CT molecular complexity index is 614. The molecule has 0 bridgehead atoms. The van der Waals surface area contributed by atoms with E-state index in [0.29, 0.717) is 6.04 Å². The van der Waals surface area contributed by atoms with E-state index in [9.17, 15) is 0 Å². The number of furan rings is 1. The minimum Gasteiger partial charge on any atom is -0.466 e. The Kier molecular flexibility index (Phi) is 3.69. The maximum atomic E-state index is 5.99. The molecule has 2 nitrogen and oxygen atoms in total.